The highest BCUT2D eigenvalue weighted by Crippen LogP contribution is 2.34. The molecule has 0 aliphatic carbocycles. The van der Waals surface area contributed by atoms with Crippen molar-refractivity contribution in [3.05, 3.63) is 80.8 Å². The van der Waals surface area contributed by atoms with Crippen LogP contribution in [0.15, 0.2) is 47.5 Å². The van der Waals surface area contributed by atoms with Crippen LogP contribution >= 0.6 is 0 Å². The van der Waals surface area contributed by atoms with E-state index in [2.05, 4.69) is 15.0 Å². The second kappa shape index (κ2) is 9.72. The maximum Gasteiger partial charge on any atom is 0.341 e. The molecule has 0 amide bonds. The number of methoxy groups -OCH3 is 2. The van der Waals surface area contributed by atoms with Gasteiger partial charge in [0.25, 0.3) is 0 Å². The molecule has 0 radical (unpaired) electrons. The predicted octanol–water partition coefficient (Wildman–Crippen LogP) is 2.57. The van der Waals surface area contributed by atoms with Gasteiger partial charge in [-0.25, -0.2) is 9.78 Å². The summed E-state index contributed by atoms with van der Waals surface area (Å²) < 4.78 is 11.2. The van der Waals surface area contributed by atoms with Crippen LogP contribution in [0.1, 0.15) is 32.6 Å². The summed E-state index contributed by atoms with van der Waals surface area (Å²) in [6.07, 6.45) is 4.60. The minimum Gasteiger partial charge on any atom is -0.493 e. The van der Waals surface area contributed by atoms with Crippen molar-refractivity contribution in [2.75, 3.05) is 25.7 Å². The molecule has 2 aromatic carbocycles. The molecule has 0 aliphatic rings. The number of nitrogens with one attached hydrogen (secondary N) is 1. The van der Waals surface area contributed by atoms with Gasteiger partial charge in [-0.05, 0) is 47.7 Å². The molecule has 0 aliphatic heterocycles. The Kier molecular flexibility index (Phi) is 6.54. The van der Waals surface area contributed by atoms with Crippen LogP contribution in [0.2, 0.25) is 0 Å². The summed E-state index contributed by atoms with van der Waals surface area (Å²) in [5, 5.41) is 9.50. The van der Waals surface area contributed by atoms with Crippen molar-refractivity contribution < 1.29 is 19.4 Å². The first-order valence-corrected chi connectivity index (χ1v) is 10.8. The number of hydrogen-bond acceptors (Lipinski definition) is 8. The first-order valence-electron chi connectivity index (χ1n) is 10.8. The molecule has 4 aromatic rings. The van der Waals surface area contributed by atoms with Crippen molar-refractivity contribution in [1.82, 2.24) is 15.0 Å². The van der Waals surface area contributed by atoms with Gasteiger partial charge in [0.15, 0.2) is 11.5 Å². The summed E-state index contributed by atoms with van der Waals surface area (Å²) in [6, 6.07) is 9.23. The molecule has 35 heavy (non-hydrogen) atoms. The Labute approximate surface area is 200 Å². The molecule has 4 rings (SSSR count). The van der Waals surface area contributed by atoms with Crippen molar-refractivity contribution in [3.8, 4) is 11.5 Å². The number of aromatic nitrogens is 3. The lowest BCUT2D eigenvalue weighted by atomic mass is 9.97. The number of hydrogen-bond donors (Lipinski definition) is 4. The summed E-state index contributed by atoms with van der Waals surface area (Å²) in [5.74, 6) is 0.419. The quantitative estimate of drug-likeness (QED) is 0.299. The maximum absolute atomic E-state index is 12.4. The largest absolute Gasteiger partial charge is 0.493 e. The van der Waals surface area contributed by atoms with Crippen molar-refractivity contribution in [2.45, 2.75) is 19.3 Å². The van der Waals surface area contributed by atoms with Gasteiger partial charge in [0.2, 0.25) is 11.4 Å². The number of nitrogens with zero attached hydrogens (tertiary/aromatic N) is 2. The molecule has 0 unspecified atom stereocenters. The molecule has 180 valence electrons. The highest BCUT2D eigenvalue weighted by molar-refractivity contribution is 5.92. The van der Waals surface area contributed by atoms with E-state index >= 15 is 0 Å². The molecule has 0 bridgehead atoms. The Balaban J connectivity index is 1.63. The third-order valence-corrected chi connectivity index (χ3v) is 5.79. The zero-order valence-corrected chi connectivity index (χ0v) is 19.3. The van der Waals surface area contributed by atoms with E-state index in [0.717, 1.165) is 22.3 Å². The molecule has 0 saturated heterocycles. The van der Waals surface area contributed by atoms with E-state index in [0.29, 0.717) is 47.5 Å². The average molecular weight is 476 g/mol. The lowest BCUT2D eigenvalue weighted by molar-refractivity contribution is 0.0695. The number of H-pyrrole nitrogens is 1. The fraction of sp³-hybridized carbons (Fsp3) is 0.200. The van der Waals surface area contributed by atoms with Crippen LogP contribution in [-0.2, 0) is 19.3 Å². The van der Waals surface area contributed by atoms with E-state index in [1.165, 1.54) is 6.20 Å². The van der Waals surface area contributed by atoms with Crippen molar-refractivity contribution in [1.29, 1.82) is 0 Å². The second-order valence-corrected chi connectivity index (χ2v) is 8.02. The second-order valence-electron chi connectivity index (χ2n) is 8.02. The molecule has 10 heteroatoms. The highest BCUT2D eigenvalue weighted by atomic mass is 16.5. The van der Waals surface area contributed by atoms with Crippen LogP contribution < -0.4 is 26.4 Å². The van der Waals surface area contributed by atoms with Crippen molar-refractivity contribution in [2.24, 2.45) is 0 Å². The molecule has 0 saturated carbocycles. The molecule has 0 fully saturated rings. The average Bonchev–Trinajstić information content (AvgIpc) is 2.84. The van der Waals surface area contributed by atoms with E-state index in [-0.39, 0.29) is 11.5 Å². The van der Waals surface area contributed by atoms with Crippen LogP contribution in [0.3, 0.4) is 0 Å². The Morgan fingerprint density at radius 1 is 1.06 bits per heavy atom. The van der Waals surface area contributed by atoms with Crippen LogP contribution in [-0.4, -0.2) is 40.2 Å². The SMILES string of the molecule is COc1cc(Cc2cnc(N)nc2N)cc(CCc2ccc3c(=O)c(C(=O)O)c[nH]c3c2)c1OC. The van der Waals surface area contributed by atoms with E-state index in [4.69, 9.17) is 26.0 Å². The Bertz CT molecular complexity index is 1480. The van der Waals surface area contributed by atoms with Crippen molar-refractivity contribution in [3.63, 3.8) is 0 Å². The Hall–Kier alpha value is -4.60. The van der Waals surface area contributed by atoms with Gasteiger partial charge in [0, 0.05) is 35.3 Å². The molecular weight excluding hydrogens is 450 g/mol. The third kappa shape index (κ3) is 4.86. The minimum atomic E-state index is -1.26. The number of aromatic carboxylic acids is 1. The molecule has 0 spiro atoms. The number of aromatic amines is 1. The van der Waals surface area contributed by atoms with Gasteiger partial charge < -0.3 is 31.0 Å². The summed E-state index contributed by atoms with van der Waals surface area (Å²) in [5.41, 5.74) is 15.0. The van der Waals surface area contributed by atoms with Gasteiger partial charge in [0.05, 0.1) is 14.2 Å². The monoisotopic (exact) mass is 475 g/mol. The number of carboxylic acid groups (broad SMARTS) is 1. The number of anilines is 2. The Morgan fingerprint density at radius 3 is 2.54 bits per heavy atom. The summed E-state index contributed by atoms with van der Waals surface area (Å²) in [7, 11) is 3.17. The number of nitrogen functional groups attached to an aromatic ring is 2. The highest BCUT2D eigenvalue weighted by Gasteiger charge is 2.15. The minimum absolute atomic E-state index is 0.121. The lowest BCUT2D eigenvalue weighted by Crippen LogP contribution is -2.15. The summed E-state index contributed by atoms with van der Waals surface area (Å²) >= 11 is 0. The zero-order valence-electron chi connectivity index (χ0n) is 19.3. The van der Waals surface area contributed by atoms with Gasteiger partial charge in [-0.2, -0.15) is 4.98 Å². The number of ether oxygens (including phenoxy) is 2. The molecule has 10 nitrogen and oxygen atoms in total. The first kappa shape index (κ1) is 23.6. The van der Waals surface area contributed by atoms with Gasteiger partial charge in [-0.15, -0.1) is 0 Å². The van der Waals surface area contributed by atoms with Crippen LogP contribution in [0.25, 0.3) is 10.9 Å². The number of fused-ring (bicyclic) bond motifs is 1. The van der Waals surface area contributed by atoms with Gasteiger partial charge in [-0.1, -0.05) is 12.1 Å². The number of nitrogens with two attached hydrogens (primary N) is 2. The topological polar surface area (TPSA) is 166 Å². The molecule has 2 aromatic heterocycles. The van der Waals surface area contributed by atoms with E-state index in [1.807, 2.05) is 24.3 Å². The van der Waals surface area contributed by atoms with E-state index in [1.54, 1.807) is 26.5 Å². The maximum atomic E-state index is 12.4. The number of pyridine rings is 1. The number of rotatable bonds is 8. The molecular formula is C25H25N5O5. The van der Waals surface area contributed by atoms with Gasteiger partial charge in [-0.3, -0.25) is 4.79 Å². The van der Waals surface area contributed by atoms with Gasteiger partial charge in [0.1, 0.15) is 11.4 Å². The summed E-state index contributed by atoms with van der Waals surface area (Å²) in [4.78, 5) is 34.6. The van der Waals surface area contributed by atoms with Crippen LogP contribution in [0.4, 0.5) is 11.8 Å². The van der Waals surface area contributed by atoms with E-state index < -0.39 is 11.4 Å². The van der Waals surface area contributed by atoms with Crippen LogP contribution in [0.5, 0.6) is 11.5 Å². The number of aryl methyl sites for hydroxylation is 2. The molecule has 0 atom stereocenters. The van der Waals surface area contributed by atoms with Crippen LogP contribution in [0, 0.1) is 0 Å². The fourth-order valence-electron chi connectivity index (χ4n) is 4.05. The number of benzene rings is 2. The Morgan fingerprint density at radius 2 is 1.86 bits per heavy atom. The predicted molar refractivity (Wildman–Crippen MR) is 132 cm³/mol. The fourth-order valence-corrected chi connectivity index (χ4v) is 4.05. The van der Waals surface area contributed by atoms with E-state index in [9.17, 15) is 9.59 Å². The van der Waals surface area contributed by atoms with Crippen molar-refractivity contribution >= 4 is 28.6 Å². The number of carboxylic acids is 1. The normalized spacial score (nSPS) is 10.9. The van der Waals surface area contributed by atoms with Gasteiger partial charge >= 0.3 is 5.97 Å². The smallest absolute Gasteiger partial charge is 0.341 e. The standard InChI is InChI=1S/C25H25N5O5/c1-34-20-10-14(8-16-11-29-25(27)30-23(16)26)7-15(22(20)35-2)5-3-13-4-6-17-19(9-13)28-12-18(21(17)31)24(32)33/h4,6-7,9-12H,3,5,8H2,1-2H3,(H,28,31)(H,32,33)(H4,26,27,29,30). The lowest BCUT2D eigenvalue weighted by Gasteiger charge is -2.16. The summed E-state index contributed by atoms with van der Waals surface area (Å²) in [6.45, 7) is 0. The molecule has 6 N–H and O–H groups in total. The number of carbonyl (C=O) groups is 1. The molecule has 2 heterocycles. The zero-order chi connectivity index (χ0) is 25.1. The third-order valence-electron chi connectivity index (χ3n) is 5.79. The first-order chi connectivity index (χ1) is 16.8.